The van der Waals surface area contributed by atoms with Crippen LogP contribution in [-0.4, -0.2) is 36.5 Å². The summed E-state index contributed by atoms with van der Waals surface area (Å²) in [5.41, 5.74) is -1.17. The number of para-hydroxylation sites is 1. The van der Waals surface area contributed by atoms with E-state index in [2.05, 4.69) is 0 Å². The van der Waals surface area contributed by atoms with Crippen LogP contribution in [-0.2, 0) is 9.53 Å². The Kier molecular flexibility index (Phi) is 6.26. The molecule has 0 spiro atoms. The topological polar surface area (TPSA) is 55.4 Å². The first-order valence-corrected chi connectivity index (χ1v) is 7.11. The summed E-state index contributed by atoms with van der Waals surface area (Å²) < 4.78 is 93.7. The van der Waals surface area contributed by atoms with E-state index in [0.29, 0.717) is 0 Å². The van der Waals surface area contributed by atoms with E-state index in [1.54, 1.807) is 13.8 Å². The van der Waals surface area contributed by atoms with Gasteiger partial charge in [0.1, 0.15) is 0 Å². The van der Waals surface area contributed by atoms with E-state index in [1.165, 1.54) is 11.4 Å². The van der Waals surface area contributed by atoms with Crippen molar-refractivity contribution in [2.75, 3.05) is 11.9 Å². The van der Waals surface area contributed by atoms with E-state index in [4.69, 9.17) is 4.74 Å². The molecular formula is C15H14F7NO3. The zero-order valence-corrected chi connectivity index (χ0v) is 13.5. The fourth-order valence-corrected chi connectivity index (χ4v) is 1.61. The summed E-state index contributed by atoms with van der Waals surface area (Å²) >= 11 is 0. The number of halogens is 7. The Morgan fingerprint density at radius 1 is 1.04 bits per heavy atom. The van der Waals surface area contributed by atoms with Crippen molar-refractivity contribution in [3.05, 3.63) is 29.8 Å². The molecule has 4 nitrogen and oxygen atoms in total. The lowest BCUT2D eigenvalue weighted by atomic mass is 10.1. The summed E-state index contributed by atoms with van der Waals surface area (Å²) in [5, 5.41) is 1.23. The number of carbonyl (C=O) groups excluding carboxylic acids is 2. The molecule has 0 bridgehead atoms. The molecule has 1 aromatic carbocycles. The fraction of sp³-hybridized carbons (Fsp3) is 0.467. The molecule has 0 fully saturated rings. The molecule has 0 aromatic heterocycles. The Labute approximate surface area is 143 Å². The molecule has 0 aliphatic rings. The summed E-state index contributed by atoms with van der Waals surface area (Å²) in [5.74, 6) is -16.8. The van der Waals surface area contributed by atoms with Gasteiger partial charge in [-0.1, -0.05) is 26.0 Å². The number of ether oxygens (including phenoxy) is 1. The van der Waals surface area contributed by atoms with Crippen LogP contribution in [0.3, 0.4) is 0 Å². The highest BCUT2D eigenvalue weighted by molar-refractivity contribution is 6.03. The number of anilines is 1. The third-order valence-corrected chi connectivity index (χ3v) is 2.98. The number of esters is 1. The Balaban J connectivity index is 3.09. The number of rotatable bonds is 6. The normalized spacial score (nSPS) is 12.8. The van der Waals surface area contributed by atoms with E-state index in [1.807, 2.05) is 0 Å². The maximum atomic E-state index is 13.4. The molecule has 146 valence electrons. The molecule has 0 heterocycles. The van der Waals surface area contributed by atoms with Gasteiger partial charge in [-0.25, -0.2) is 4.79 Å². The Morgan fingerprint density at radius 3 is 2.08 bits per heavy atom. The average molecular weight is 389 g/mol. The van der Waals surface area contributed by atoms with Crippen LogP contribution >= 0.6 is 0 Å². The number of carbonyl (C=O) groups is 2. The summed E-state index contributed by atoms with van der Waals surface area (Å²) in [4.78, 5) is 23.2. The van der Waals surface area contributed by atoms with Crippen LogP contribution in [0.25, 0.3) is 0 Å². The van der Waals surface area contributed by atoms with Gasteiger partial charge in [-0.3, -0.25) is 4.79 Å². The zero-order valence-electron chi connectivity index (χ0n) is 13.5. The number of benzene rings is 1. The van der Waals surface area contributed by atoms with Crippen LogP contribution in [0.5, 0.6) is 0 Å². The van der Waals surface area contributed by atoms with Crippen molar-refractivity contribution in [1.29, 1.82) is 0 Å². The van der Waals surface area contributed by atoms with E-state index in [9.17, 15) is 40.3 Å². The second-order valence-corrected chi connectivity index (χ2v) is 5.64. The van der Waals surface area contributed by atoms with Crippen molar-refractivity contribution in [2.24, 2.45) is 5.92 Å². The minimum Gasteiger partial charge on any atom is -0.462 e. The summed E-state index contributed by atoms with van der Waals surface area (Å²) in [7, 11) is 0. The Hall–Kier alpha value is -2.33. The summed E-state index contributed by atoms with van der Waals surface area (Å²) in [6.07, 6.45) is -6.65. The molecule has 1 aromatic rings. The summed E-state index contributed by atoms with van der Waals surface area (Å²) in [6.45, 7) is 3.32. The van der Waals surface area contributed by atoms with Crippen molar-refractivity contribution >= 4 is 17.6 Å². The van der Waals surface area contributed by atoms with Gasteiger partial charge in [0, 0.05) is 0 Å². The van der Waals surface area contributed by atoms with Crippen molar-refractivity contribution < 1.29 is 45.1 Å². The largest absolute Gasteiger partial charge is 0.462 e. The van der Waals surface area contributed by atoms with Gasteiger partial charge < -0.3 is 10.1 Å². The second-order valence-electron chi connectivity index (χ2n) is 5.64. The van der Waals surface area contributed by atoms with Gasteiger partial charge in [0.25, 0.3) is 0 Å². The standard InChI is InChI=1S/C15H14F7NO3/c1-8(2)7-26-11(24)9-5-3-4-6-10(9)23-12(25)13(16,17)14(18,19)15(20,21)22/h3-6,8H,7H2,1-2H3,(H,23,25). The molecule has 0 aliphatic carbocycles. The minimum atomic E-state index is -6.65. The van der Waals surface area contributed by atoms with E-state index in [0.717, 1.165) is 18.2 Å². The van der Waals surface area contributed by atoms with E-state index >= 15 is 0 Å². The maximum Gasteiger partial charge on any atom is 0.460 e. The SMILES string of the molecule is CC(C)COC(=O)c1ccccc1NC(=O)C(F)(F)C(F)(F)C(F)(F)F. The number of alkyl halides is 7. The highest BCUT2D eigenvalue weighted by Crippen LogP contribution is 2.46. The van der Waals surface area contributed by atoms with Gasteiger partial charge in [-0.15, -0.1) is 0 Å². The molecule has 0 radical (unpaired) electrons. The average Bonchev–Trinajstić information content (AvgIpc) is 2.51. The molecular weight excluding hydrogens is 375 g/mol. The highest BCUT2D eigenvalue weighted by atomic mass is 19.4. The highest BCUT2D eigenvalue weighted by Gasteiger charge is 2.76. The molecule has 26 heavy (non-hydrogen) atoms. The third kappa shape index (κ3) is 4.44. The molecule has 0 aliphatic heterocycles. The molecule has 0 saturated heterocycles. The van der Waals surface area contributed by atoms with Crippen LogP contribution in [0, 0.1) is 5.92 Å². The number of amides is 1. The molecule has 1 amide bonds. The second kappa shape index (κ2) is 7.50. The molecule has 0 unspecified atom stereocenters. The van der Waals surface area contributed by atoms with Gasteiger partial charge in [0.15, 0.2) is 0 Å². The lowest BCUT2D eigenvalue weighted by Gasteiger charge is -2.27. The Bertz CT molecular complexity index is 671. The van der Waals surface area contributed by atoms with E-state index < -0.39 is 41.1 Å². The van der Waals surface area contributed by atoms with Crippen molar-refractivity contribution in [1.82, 2.24) is 0 Å². The number of hydrogen-bond acceptors (Lipinski definition) is 3. The Morgan fingerprint density at radius 2 is 1.58 bits per heavy atom. The molecule has 0 saturated carbocycles. The van der Waals surface area contributed by atoms with Crippen LogP contribution < -0.4 is 5.32 Å². The van der Waals surface area contributed by atoms with Gasteiger partial charge in [0.05, 0.1) is 17.9 Å². The van der Waals surface area contributed by atoms with Crippen molar-refractivity contribution in [3.63, 3.8) is 0 Å². The van der Waals surface area contributed by atoms with Crippen molar-refractivity contribution in [2.45, 2.75) is 31.9 Å². The maximum absolute atomic E-state index is 13.4. The minimum absolute atomic E-state index is 0.0661. The van der Waals surface area contributed by atoms with Crippen LogP contribution in [0.15, 0.2) is 24.3 Å². The molecule has 1 N–H and O–H groups in total. The van der Waals surface area contributed by atoms with Crippen molar-refractivity contribution in [3.8, 4) is 0 Å². The van der Waals surface area contributed by atoms with Crippen LogP contribution in [0.2, 0.25) is 0 Å². The monoisotopic (exact) mass is 389 g/mol. The number of nitrogens with one attached hydrogen (secondary N) is 1. The smallest absolute Gasteiger partial charge is 0.460 e. The predicted octanol–water partition coefficient (Wildman–Crippen LogP) is 4.27. The van der Waals surface area contributed by atoms with Gasteiger partial charge in [0.2, 0.25) is 0 Å². The predicted molar refractivity (Wildman–Crippen MR) is 76.1 cm³/mol. The first-order chi connectivity index (χ1) is 11.7. The lowest BCUT2D eigenvalue weighted by molar-refractivity contribution is -0.343. The van der Waals surface area contributed by atoms with Gasteiger partial charge in [-0.2, -0.15) is 30.7 Å². The van der Waals surface area contributed by atoms with E-state index in [-0.39, 0.29) is 12.5 Å². The fourth-order valence-electron chi connectivity index (χ4n) is 1.61. The molecule has 0 atom stereocenters. The first-order valence-electron chi connectivity index (χ1n) is 7.11. The van der Waals surface area contributed by atoms with Gasteiger partial charge >= 0.3 is 29.9 Å². The van der Waals surface area contributed by atoms with Crippen LogP contribution in [0.1, 0.15) is 24.2 Å². The lowest BCUT2D eigenvalue weighted by Crippen LogP contribution is -2.57. The first kappa shape index (κ1) is 21.7. The molecule has 11 heteroatoms. The van der Waals surface area contributed by atoms with Crippen LogP contribution in [0.4, 0.5) is 36.4 Å². The quantitative estimate of drug-likeness (QED) is 0.584. The number of hydrogen-bond donors (Lipinski definition) is 1. The summed E-state index contributed by atoms with van der Waals surface area (Å²) in [6, 6.07) is 4.31. The third-order valence-electron chi connectivity index (χ3n) is 2.98. The zero-order chi connectivity index (χ0) is 20.3. The van der Waals surface area contributed by atoms with Gasteiger partial charge in [-0.05, 0) is 18.1 Å². The molecule has 1 rings (SSSR count).